The molecule has 0 spiro atoms. The molecule has 2 aromatic rings. The Morgan fingerprint density at radius 2 is 1.71 bits per heavy atom. The lowest BCUT2D eigenvalue weighted by Crippen LogP contribution is -2.26. The molecule has 6 heteroatoms. The molecular formula is C15H11Cl3INO. The predicted molar refractivity (Wildman–Crippen MR) is 96.4 cm³/mol. The molecule has 2 aromatic carbocycles. The standard InChI is InChI=1S/C15H11Cl3INO/c1-20(8-9-4-11(16)7-12(17)5-9)15(21)10-2-3-14(19)13(18)6-10/h2-7H,8H2,1H3. The molecule has 0 aliphatic carbocycles. The topological polar surface area (TPSA) is 20.3 Å². The predicted octanol–water partition coefficient (Wildman–Crippen LogP) is 5.52. The molecule has 0 aliphatic rings. The molecule has 0 bridgehead atoms. The van der Waals surface area contributed by atoms with Crippen molar-refractivity contribution in [1.29, 1.82) is 0 Å². The van der Waals surface area contributed by atoms with Crippen LogP contribution in [0.15, 0.2) is 36.4 Å². The van der Waals surface area contributed by atoms with E-state index in [1.54, 1.807) is 42.3 Å². The van der Waals surface area contributed by atoms with E-state index in [0.29, 0.717) is 27.2 Å². The number of hydrogen-bond donors (Lipinski definition) is 0. The summed E-state index contributed by atoms with van der Waals surface area (Å²) in [5, 5.41) is 1.67. The summed E-state index contributed by atoms with van der Waals surface area (Å²) in [5.41, 5.74) is 1.43. The van der Waals surface area contributed by atoms with Crippen LogP contribution < -0.4 is 0 Å². The lowest BCUT2D eigenvalue weighted by molar-refractivity contribution is 0.0785. The van der Waals surface area contributed by atoms with Crippen LogP contribution in [0.25, 0.3) is 0 Å². The molecule has 0 unspecified atom stereocenters. The summed E-state index contributed by atoms with van der Waals surface area (Å²) in [6.07, 6.45) is 0. The maximum absolute atomic E-state index is 12.4. The van der Waals surface area contributed by atoms with Gasteiger partial charge >= 0.3 is 0 Å². The Balaban J connectivity index is 2.17. The first kappa shape index (κ1) is 16.9. The highest BCUT2D eigenvalue weighted by atomic mass is 127. The van der Waals surface area contributed by atoms with Gasteiger partial charge in [0.1, 0.15) is 0 Å². The fraction of sp³-hybridized carbons (Fsp3) is 0.133. The molecule has 1 amide bonds. The highest BCUT2D eigenvalue weighted by Gasteiger charge is 2.14. The number of benzene rings is 2. The van der Waals surface area contributed by atoms with Crippen LogP contribution >= 0.6 is 57.4 Å². The van der Waals surface area contributed by atoms with E-state index in [0.717, 1.165) is 9.13 Å². The van der Waals surface area contributed by atoms with Gasteiger partial charge in [0, 0.05) is 32.8 Å². The van der Waals surface area contributed by atoms with Gasteiger partial charge in [-0.05, 0) is 64.6 Å². The SMILES string of the molecule is CN(Cc1cc(Cl)cc(Cl)c1)C(=O)c1ccc(I)c(Cl)c1. The highest BCUT2D eigenvalue weighted by Crippen LogP contribution is 2.22. The second kappa shape index (κ2) is 7.18. The minimum absolute atomic E-state index is 0.107. The Morgan fingerprint density at radius 1 is 1.10 bits per heavy atom. The zero-order chi connectivity index (χ0) is 15.6. The first-order valence-corrected chi connectivity index (χ1v) is 8.23. The first-order valence-electron chi connectivity index (χ1n) is 6.02. The van der Waals surface area contributed by atoms with Gasteiger partial charge in [-0.25, -0.2) is 0 Å². The van der Waals surface area contributed by atoms with E-state index < -0.39 is 0 Å². The summed E-state index contributed by atoms with van der Waals surface area (Å²) in [6.45, 7) is 0.419. The van der Waals surface area contributed by atoms with E-state index in [2.05, 4.69) is 22.6 Å². The van der Waals surface area contributed by atoms with Crippen LogP contribution in [-0.2, 0) is 6.54 Å². The molecule has 2 nitrogen and oxygen atoms in total. The van der Waals surface area contributed by atoms with Crippen molar-refractivity contribution >= 4 is 63.3 Å². The van der Waals surface area contributed by atoms with Crippen molar-refractivity contribution < 1.29 is 4.79 Å². The zero-order valence-electron chi connectivity index (χ0n) is 11.0. The second-order valence-electron chi connectivity index (χ2n) is 4.57. The molecule has 0 aliphatic heterocycles. The summed E-state index contributed by atoms with van der Waals surface area (Å²) in [7, 11) is 1.73. The van der Waals surface area contributed by atoms with Crippen molar-refractivity contribution in [3.63, 3.8) is 0 Å². The zero-order valence-corrected chi connectivity index (χ0v) is 15.5. The van der Waals surface area contributed by atoms with Crippen LogP contribution in [0.3, 0.4) is 0 Å². The van der Waals surface area contributed by atoms with Crippen LogP contribution in [0.1, 0.15) is 15.9 Å². The number of halogens is 4. The molecule has 0 fully saturated rings. The summed E-state index contributed by atoms with van der Waals surface area (Å²) in [4.78, 5) is 14.0. The number of rotatable bonds is 3. The maximum Gasteiger partial charge on any atom is 0.253 e. The van der Waals surface area contributed by atoms with Crippen molar-refractivity contribution in [1.82, 2.24) is 4.90 Å². The molecule has 0 N–H and O–H groups in total. The summed E-state index contributed by atoms with van der Waals surface area (Å²) in [6, 6.07) is 10.5. The van der Waals surface area contributed by atoms with Crippen molar-refractivity contribution in [2.45, 2.75) is 6.54 Å². The molecular weight excluding hydrogens is 443 g/mol. The van der Waals surface area contributed by atoms with Gasteiger partial charge in [0.15, 0.2) is 0 Å². The van der Waals surface area contributed by atoms with Crippen LogP contribution in [-0.4, -0.2) is 17.9 Å². The second-order valence-corrected chi connectivity index (χ2v) is 7.01. The largest absolute Gasteiger partial charge is 0.337 e. The lowest BCUT2D eigenvalue weighted by Gasteiger charge is -2.18. The number of carbonyl (C=O) groups is 1. The van der Waals surface area contributed by atoms with E-state index in [9.17, 15) is 4.79 Å². The number of nitrogens with zero attached hydrogens (tertiary/aromatic N) is 1. The molecule has 110 valence electrons. The van der Waals surface area contributed by atoms with E-state index >= 15 is 0 Å². The van der Waals surface area contributed by atoms with Crippen molar-refractivity contribution in [2.24, 2.45) is 0 Å². The monoisotopic (exact) mass is 453 g/mol. The van der Waals surface area contributed by atoms with Gasteiger partial charge in [-0.15, -0.1) is 0 Å². The van der Waals surface area contributed by atoms with E-state index in [1.807, 2.05) is 6.07 Å². The number of hydrogen-bond acceptors (Lipinski definition) is 1. The molecule has 0 aromatic heterocycles. The van der Waals surface area contributed by atoms with Gasteiger partial charge in [-0.1, -0.05) is 34.8 Å². The smallest absolute Gasteiger partial charge is 0.253 e. The Kier molecular flexibility index (Phi) is 5.77. The van der Waals surface area contributed by atoms with Gasteiger partial charge in [0.05, 0.1) is 5.02 Å². The fourth-order valence-corrected chi connectivity index (χ4v) is 2.98. The quantitative estimate of drug-likeness (QED) is 0.559. The molecule has 21 heavy (non-hydrogen) atoms. The lowest BCUT2D eigenvalue weighted by atomic mass is 10.1. The van der Waals surface area contributed by atoms with E-state index in [4.69, 9.17) is 34.8 Å². The third kappa shape index (κ3) is 4.49. The third-order valence-corrected chi connectivity index (χ3v) is 4.86. The molecule has 0 saturated carbocycles. The van der Waals surface area contributed by atoms with E-state index in [1.165, 1.54) is 0 Å². The fourth-order valence-electron chi connectivity index (χ4n) is 1.90. The molecule has 2 rings (SSSR count). The first-order chi connectivity index (χ1) is 9.86. The Labute approximate surface area is 152 Å². The van der Waals surface area contributed by atoms with Gasteiger partial charge < -0.3 is 4.90 Å². The molecule has 0 atom stereocenters. The highest BCUT2D eigenvalue weighted by molar-refractivity contribution is 14.1. The van der Waals surface area contributed by atoms with Gasteiger partial charge in [-0.3, -0.25) is 4.79 Å². The van der Waals surface area contributed by atoms with Crippen LogP contribution in [0.4, 0.5) is 0 Å². The van der Waals surface area contributed by atoms with Crippen LogP contribution in [0.5, 0.6) is 0 Å². The van der Waals surface area contributed by atoms with Crippen LogP contribution in [0.2, 0.25) is 15.1 Å². The Bertz CT molecular complexity index is 670. The van der Waals surface area contributed by atoms with Crippen molar-refractivity contribution in [3.05, 3.63) is 66.2 Å². The summed E-state index contributed by atoms with van der Waals surface area (Å²) in [5.74, 6) is -0.107. The minimum Gasteiger partial charge on any atom is -0.337 e. The minimum atomic E-state index is -0.107. The molecule has 0 saturated heterocycles. The van der Waals surface area contributed by atoms with Gasteiger partial charge in [0.2, 0.25) is 0 Å². The Morgan fingerprint density at radius 3 is 2.29 bits per heavy atom. The summed E-state index contributed by atoms with van der Waals surface area (Å²) >= 11 is 20.1. The van der Waals surface area contributed by atoms with Gasteiger partial charge in [0.25, 0.3) is 5.91 Å². The Hall–Kier alpha value is -0.490. The number of amides is 1. The van der Waals surface area contributed by atoms with Crippen molar-refractivity contribution in [3.8, 4) is 0 Å². The summed E-state index contributed by atoms with van der Waals surface area (Å²) < 4.78 is 0.912. The van der Waals surface area contributed by atoms with E-state index in [-0.39, 0.29) is 5.91 Å². The average Bonchev–Trinajstić information content (AvgIpc) is 2.39. The molecule has 0 radical (unpaired) electrons. The third-order valence-electron chi connectivity index (χ3n) is 2.86. The normalized spacial score (nSPS) is 10.5. The van der Waals surface area contributed by atoms with Crippen molar-refractivity contribution in [2.75, 3.05) is 7.05 Å². The van der Waals surface area contributed by atoms with Crippen LogP contribution in [0, 0.1) is 3.57 Å². The molecule has 0 heterocycles. The average molecular weight is 455 g/mol. The van der Waals surface area contributed by atoms with Gasteiger partial charge in [-0.2, -0.15) is 0 Å². The maximum atomic E-state index is 12.4. The number of carbonyl (C=O) groups excluding carboxylic acids is 1.